The quantitative estimate of drug-likeness (QED) is 0.363. The summed E-state index contributed by atoms with van der Waals surface area (Å²) in [5.41, 5.74) is 4.28. The molecule has 2 aromatic heterocycles. The minimum atomic E-state index is -2.06. The Bertz CT molecular complexity index is 1450. The van der Waals surface area contributed by atoms with Crippen molar-refractivity contribution in [3.8, 4) is 11.3 Å². The maximum absolute atomic E-state index is 12.4. The number of hydrogen-bond donors (Lipinski definition) is 2. The van der Waals surface area contributed by atoms with Crippen molar-refractivity contribution in [2.45, 2.75) is 0 Å². The van der Waals surface area contributed by atoms with E-state index in [9.17, 15) is 13.6 Å². The number of aromatic nitrogens is 3. The fourth-order valence-electron chi connectivity index (χ4n) is 4.20. The van der Waals surface area contributed by atoms with Crippen LogP contribution in [0.2, 0.25) is 0 Å². The van der Waals surface area contributed by atoms with E-state index < -0.39 is 12.0 Å². The van der Waals surface area contributed by atoms with E-state index in [1.165, 1.54) is 5.69 Å². The first kappa shape index (κ1) is 24.3. The molecule has 37 heavy (non-hydrogen) atoms. The summed E-state index contributed by atoms with van der Waals surface area (Å²) in [6.45, 7) is 4.09. The van der Waals surface area contributed by atoms with E-state index in [1.807, 2.05) is 24.3 Å². The van der Waals surface area contributed by atoms with Crippen molar-refractivity contribution in [3.05, 3.63) is 79.1 Å². The van der Waals surface area contributed by atoms with Gasteiger partial charge in [-0.1, -0.05) is 12.1 Å². The second-order valence-electron chi connectivity index (χ2n) is 8.76. The SMILES string of the molecule is CN1CCN(c2ccc(Nc3ncc4ccnc(-c5cccc(NC(=O)C=C(F)F)c5)c4n3)cc2)CC1. The average molecular weight is 502 g/mol. The number of carbonyl (C=O) groups is 1. The molecule has 10 heteroatoms. The third kappa shape index (κ3) is 5.87. The molecule has 3 heterocycles. The first-order valence-corrected chi connectivity index (χ1v) is 11.8. The Morgan fingerprint density at radius 2 is 1.76 bits per heavy atom. The van der Waals surface area contributed by atoms with Crippen molar-refractivity contribution in [2.24, 2.45) is 0 Å². The molecule has 1 fully saturated rings. The second-order valence-corrected chi connectivity index (χ2v) is 8.76. The normalized spacial score (nSPS) is 13.9. The Morgan fingerprint density at radius 3 is 2.51 bits per heavy atom. The number of amides is 1. The van der Waals surface area contributed by atoms with Crippen LogP contribution in [0.5, 0.6) is 0 Å². The van der Waals surface area contributed by atoms with E-state index in [2.05, 4.69) is 49.6 Å². The predicted octanol–water partition coefficient (Wildman–Crippen LogP) is 4.91. The molecule has 1 aliphatic heterocycles. The molecule has 2 N–H and O–H groups in total. The topological polar surface area (TPSA) is 86.3 Å². The van der Waals surface area contributed by atoms with Gasteiger partial charge in [0.1, 0.15) is 5.52 Å². The predicted molar refractivity (Wildman–Crippen MR) is 141 cm³/mol. The number of nitrogens with zero attached hydrogens (tertiary/aromatic N) is 5. The molecule has 8 nitrogen and oxygen atoms in total. The summed E-state index contributed by atoms with van der Waals surface area (Å²) >= 11 is 0. The van der Waals surface area contributed by atoms with E-state index >= 15 is 0 Å². The van der Waals surface area contributed by atoms with Crippen LogP contribution in [0.25, 0.3) is 22.2 Å². The van der Waals surface area contributed by atoms with Gasteiger partial charge in [-0.05, 0) is 49.5 Å². The minimum Gasteiger partial charge on any atom is -0.369 e. The van der Waals surface area contributed by atoms with Gasteiger partial charge in [0, 0.05) is 66.6 Å². The maximum atomic E-state index is 12.4. The van der Waals surface area contributed by atoms with Crippen LogP contribution in [-0.4, -0.2) is 59.0 Å². The molecule has 0 aliphatic carbocycles. The fourth-order valence-corrected chi connectivity index (χ4v) is 4.20. The van der Waals surface area contributed by atoms with E-state index in [0.29, 0.717) is 28.4 Å². The zero-order valence-electron chi connectivity index (χ0n) is 20.2. The van der Waals surface area contributed by atoms with Crippen LogP contribution >= 0.6 is 0 Å². The highest BCUT2D eigenvalue weighted by Crippen LogP contribution is 2.28. The van der Waals surface area contributed by atoms with Crippen LogP contribution in [0.1, 0.15) is 0 Å². The third-order valence-corrected chi connectivity index (χ3v) is 6.13. The van der Waals surface area contributed by atoms with Crippen LogP contribution in [0, 0.1) is 0 Å². The minimum absolute atomic E-state index is 0.242. The smallest absolute Gasteiger partial charge is 0.275 e. The molecule has 5 rings (SSSR count). The molecule has 0 atom stereocenters. The number of nitrogens with one attached hydrogen (secondary N) is 2. The van der Waals surface area contributed by atoms with Crippen LogP contribution in [0.3, 0.4) is 0 Å². The monoisotopic (exact) mass is 501 g/mol. The van der Waals surface area contributed by atoms with Crippen molar-refractivity contribution in [1.82, 2.24) is 19.9 Å². The maximum Gasteiger partial charge on any atom is 0.275 e. The Hall–Kier alpha value is -4.44. The Morgan fingerprint density at radius 1 is 0.973 bits per heavy atom. The third-order valence-electron chi connectivity index (χ3n) is 6.13. The molecule has 4 aromatic rings. The van der Waals surface area contributed by atoms with Crippen molar-refractivity contribution < 1.29 is 13.6 Å². The molecule has 0 radical (unpaired) electrons. The number of anilines is 4. The zero-order chi connectivity index (χ0) is 25.8. The van der Waals surface area contributed by atoms with Gasteiger partial charge in [0.25, 0.3) is 12.0 Å². The van der Waals surface area contributed by atoms with Gasteiger partial charge < -0.3 is 20.4 Å². The average Bonchev–Trinajstić information content (AvgIpc) is 2.89. The molecule has 0 spiro atoms. The molecule has 0 bridgehead atoms. The number of likely N-dealkylation sites (N-methyl/N-ethyl adjacent to an activating group) is 1. The number of benzene rings is 2. The van der Waals surface area contributed by atoms with Crippen LogP contribution < -0.4 is 15.5 Å². The Kier molecular flexibility index (Phi) is 7.00. The number of fused-ring (bicyclic) bond motifs is 1. The first-order valence-electron chi connectivity index (χ1n) is 11.8. The molecule has 188 valence electrons. The summed E-state index contributed by atoms with van der Waals surface area (Å²) in [6, 6.07) is 16.8. The highest BCUT2D eigenvalue weighted by atomic mass is 19.3. The van der Waals surface area contributed by atoms with Gasteiger partial charge in [-0.15, -0.1) is 0 Å². The molecular formula is C27H25F2N7O. The van der Waals surface area contributed by atoms with Crippen LogP contribution in [0.15, 0.2) is 79.1 Å². The summed E-state index contributed by atoms with van der Waals surface area (Å²) in [4.78, 5) is 30.0. The number of pyridine rings is 1. The van der Waals surface area contributed by atoms with Gasteiger partial charge in [0.05, 0.1) is 11.8 Å². The zero-order valence-corrected chi connectivity index (χ0v) is 20.2. The fraction of sp³-hybridized carbons (Fsp3) is 0.185. The van der Waals surface area contributed by atoms with Crippen LogP contribution in [0.4, 0.5) is 31.8 Å². The van der Waals surface area contributed by atoms with Gasteiger partial charge in [-0.25, -0.2) is 9.97 Å². The number of hydrogen-bond acceptors (Lipinski definition) is 7. The molecule has 0 saturated carbocycles. The number of rotatable bonds is 6. The Balaban J connectivity index is 1.38. The lowest BCUT2D eigenvalue weighted by molar-refractivity contribution is -0.112. The summed E-state index contributed by atoms with van der Waals surface area (Å²) in [5.74, 6) is -0.488. The summed E-state index contributed by atoms with van der Waals surface area (Å²) < 4.78 is 24.8. The van der Waals surface area contributed by atoms with Gasteiger partial charge >= 0.3 is 0 Å². The summed E-state index contributed by atoms with van der Waals surface area (Å²) in [7, 11) is 2.14. The molecule has 1 saturated heterocycles. The Labute approximate surface area is 212 Å². The van der Waals surface area contributed by atoms with Crippen molar-refractivity contribution in [2.75, 3.05) is 48.8 Å². The standard InChI is InChI=1S/C27H25F2N7O/c1-35-11-13-36(14-12-35)22-7-5-20(6-8-22)33-27-31-17-19-9-10-30-25(26(19)34-27)18-3-2-4-21(15-18)32-24(37)16-23(28)29/h2-10,15-17H,11-14H2,1H3,(H,32,37)(H,31,33,34). The first-order chi connectivity index (χ1) is 17.9. The lowest BCUT2D eigenvalue weighted by atomic mass is 10.1. The van der Waals surface area contributed by atoms with Gasteiger partial charge in [-0.3, -0.25) is 9.78 Å². The van der Waals surface area contributed by atoms with Gasteiger partial charge in [0.15, 0.2) is 0 Å². The largest absolute Gasteiger partial charge is 0.369 e. The second kappa shape index (κ2) is 10.7. The highest BCUT2D eigenvalue weighted by Gasteiger charge is 2.14. The van der Waals surface area contributed by atoms with E-state index in [4.69, 9.17) is 4.98 Å². The number of piperazine rings is 1. The van der Waals surface area contributed by atoms with Gasteiger partial charge in [0.2, 0.25) is 5.95 Å². The molecule has 2 aromatic carbocycles. The number of carbonyl (C=O) groups excluding carboxylic acids is 1. The van der Waals surface area contributed by atoms with E-state index in [-0.39, 0.29) is 6.08 Å². The molecule has 0 unspecified atom stereocenters. The van der Waals surface area contributed by atoms with E-state index in [0.717, 1.165) is 37.3 Å². The summed E-state index contributed by atoms with van der Waals surface area (Å²) in [6.07, 6.45) is 1.55. The van der Waals surface area contributed by atoms with E-state index in [1.54, 1.807) is 30.6 Å². The lowest BCUT2D eigenvalue weighted by Gasteiger charge is -2.34. The van der Waals surface area contributed by atoms with Crippen LogP contribution in [-0.2, 0) is 4.79 Å². The summed E-state index contributed by atoms with van der Waals surface area (Å²) in [5, 5.41) is 6.48. The highest BCUT2D eigenvalue weighted by molar-refractivity contribution is 6.00. The van der Waals surface area contributed by atoms with Crippen molar-refractivity contribution >= 4 is 39.8 Å². The van der Waals surface area contributed by atoms with Gasteiger partial charge in [-0.2, -0.15) is 8.78 Å². The molecule has 1 aliphatic rings. The molecule has 1 amide bonds. The lowest BCUT2D eigenvalue weighted by Crippen LogP contribution is -2.44. The van der Waals surface area contributed by atoms with Crippen molar-refractivity contribution in [3.63, 3.8) is 0 Å². The number of halogens is 2. The molecular weight excluding hydrogens is 476 g/mol. The van der Waals surface area contributed by atoms with Crippen molar-refractivity contribution in [1.29, 1.82) is 0 Å².